The maximum atomic E-state index is 14.2. The van der Waals surface area contributed by atoms with Gasteiger partial charge in [0.15, 0.2) is 0 Å². The molecule has 0 aliphatic heterocycles. The predicted molar refractivity (Wildman–Crippen MR) is 80.8 cm³/mol. The van der Waals surface area contributed by atoms with Gasteiger partial charge < -0.3 is 5.32 Å². The van der Waals surface area contributed by atoms with Gasteiger partial charge in [-0.25, -0.2) is 8.78 Å². The van der Waals surface area contributed by atoms with Crippen molar-refractivity contribution in [2.75, 3.05) is 6.54 Å². The molecule has 0 spiro atoms. The number of rotatable bonds is 4. The molecule has 1 N–H and O–H groups in total. The minimum absolute atomic E-state index is 0.0562. The van der Waals surface area contributed by atoms with Gasteiger partial charge in [0, 0.05) is 10.0 Å². The Morgan fingerprint density at radius 2 is 1.80 bits per heavy atom. The van der Waals surface area contributed by atoms with Gasteiger partial charge in [-0.05, 0) is 31.2 Å². The molecule has 0 saturated carbocycles. The molecule has 0 heterocycles. The van der Waals surface area contributed by atoms with E-state index in [1.165, 1.54) is 12.1 Å². The SMILES string of the molecule is CCNC(c1cccc(C)c1)c1c(F)cc(Br)cc1F. The molecule has 0 amide bonds. The van der Waals surface area contributed by atoms with Crippen molar-refractivity contribution in [1.29, 1.82) is 0 Å². The maximum absolute atomic E-state index is 14.2. The lowest BCUT2D eigenvalue weighted by Crippen LogP contribution is -2.24. The minimum atomic E-state index is -0.552. The topological polar surface area (TPSA) is 12.0 Å². The first-order chi connectivity index (χ1) is 9.52. The van der Waals surface area contributed by atoms with Gasteiger partial charge in [-0.3, -0.25) is 0 Å². The molecule has 0 saturated heterocycles. The largest absolute Gasteiger partial charge is 0.306 e. The summed E-state index contributed by atoms with van der Waals surface area (Å²) in [5.74, 6) is -1.10. The van der Waals surface area contributed by atoms with Crippen LogP contribution in [0, 0.1) is 18.6 Å². The average molecular weight is 340 g/mol. The maximum Gasteiger partial charge on any atom is 0.132 e. The molecule has 2 aromatic carbocycles. The van der Waals surface area contributed by atoms with Crippen molar-refractivity contribution in [1.82, 2.24) is 5.32 Å². The highest BCUT2D eigenvalue weighted by Crippen LogP contribution is 2.29. The smallest absolute Gasteiger partial charge is 0.132 e. The second-order valence-electron chi connectivity index (χ2n) is 4.69. The molecule has 0 bridgehead atoms. The fraction of sp³-hybridized carbons (Fsp3) is 0.250. The van der Waals surface area contributed by atoms with Crippen molar-refractivity contribution < 1.29 is 8.78 Å². The Labute approximate surface area is 126 Å². The zero-order chi connectivity index (χ0) is 14.7. The van der Waals surface area contributed by atoms with Crippen LogP contribution in [0.25, 0.3) is 0 Å². The highest BCUT2D eigenvalue weighted by atomic mass is 79.9. The lowest BCUT2D eigenvalue weighted by molar-refractivity contribution is 0.509. The van der Waals surface area contributed by atoms with E-state index in [2.05, 4.69) is 21.2 Å². The molecule has 0 fully saturated rings. The molecule has 1 nitrogen and oxygen atoms in total. The molecule has 4 heteroatoms. The Hall–Kier alpha value is -1.26. The van der Waals surface area contributed by atoms with Crippen molar-refractivity contribution in [2.24, 2.45) is 0 Å². The third kappa shape index (κ3) is 3.25. The number of aryl methyl sites for hydroxylation is 1. The van der Waals surface area contributed by atoms with E-state index in [1.807, 2.05) is 38.1 Å². The highest BCUT2D eigenvalue weighted by Gasteiger charge is 2.22. The molecule has 20 heavy (non-hydrogen) atoms. The van der Waals surface area contributed by atoms with E-state index in [4.69, 9.17) is 0 Å². The molecule has 0 aromatic heterocycles. The van der Waals surface area contributed by atoms with Crippen LogP contribution in [0.3, 0.4) is 0 Å². The quantitative estimate of drug-likeness (QED) is 0.848. The zero-order valence-electron chi connectivity index (χ0n) is 11.4. The number of hydrogen-bond acceptors (Lipinski definition) is 1. The van der Waals surface area contributed by atoms with E-state index in [0.29, 0.717) is 11.0 Å². The third-order valence-electron chi connectivity index (χ3n) is 3.12. The van der Waals surface area contributed by atoms with Gasteiger partial charge in [0.05, 0.1) is 6.04 Å². The van der Waals surface area contributed by atoms with Crippen LogP contribution in [0.15, 0.2) is 40.9 Å². The summed E-state index contributed by atoms with van der Waals surface area (Å²) in [5.41, 5.74) is 1.97. The Kier molecular flexibility index (Phi) is 4.89. The van der Waals surface area contributed by atoms with Crippen LogP contribution in [-0.4, -0.2) is 6.54 Å². The lowest BCUT2D eigenvalue weighted by atomic mass is 9.96. The fourth-order valence-electron chi connectivity index (χ4n) is 2.27. The molecular formula is C16H16BrF2N. The summed E-state index contributed by atoms with van der Waals surface area (Å²) in [6, 6.07) is 9.75. The van der Waals surface area contributed by atoms with Crippen LogP contribution >= 0.6 is 15.9 Å². The first-order valence-electron chi connectivity index (χ1n) is 6.47. The van der Waals surface area contributed by atoms with Gasteiger partial charge in [-0.2, -0.15) is 0 Å². The summed E-state index contributed by atoms with van der Waals surface area (Å²) in [7, 11) is 0. The van der Waals surface area contributed by atoms with Gasteiger partial charge in [0.1, 0.15) is 11.6 Å². The van der Waals surface area contributed by atoms with Crippen LogP contribution in [-0.2, 0) is 0 Å². The van der Waals surface area contributed by atoms with Gasteiger partial charge in [0.2, 0.25) is 0 Å². The molecule has 2 aromatic rings. The summed E-state index contributed by atoms with van der Waals surface area (Å²) in [6.45, 7) is 4.49. The summed E-state index contributed by atoms with van der Waals surface area (Å²) in [5, 5.41) is 3.15. The normalized spacial score (nSPS) is 12.4. The van der Waals surface area contributed by atoms with Crippen molar-refractivity contribution in [2.45, 2.75) is 19.9 Å². The number of halogens is 3. The number of hydrogen-bond donors (Lipinski definition) is 1. The standard InChI is InChI=1S/C16H16BrF2N/c1-3-20-16(11-6-4-5-10(2)7-11)15-13(18)8-12(17)9-14(15)19/h4-9,16,20H,3H2,1-2H3. The highest BCUT2D eigenvalue weighted by molar-refractivity contribution is 9.10. The molecule has 1 atom stereocenters. The molecule has 2 rings (SSSR count). The van der Waals surface area contributed by atoms with Gasteiger partial charge >= 0.3 is 0 Å². The van der Waals surface area contributed by atoms with E-state index in [9.17, 15) is 8.78 Å². The number of benzene rings is 2. The Balaban J connectivity index is 2.54. The first kappa shape index (κ1) is 15.1. The molecule has 0 aliphatic carbocycles. The molecular weight excluding hydrogens is 324 g/mol. The monoisotopic (exact) mass is 339 g/mol. The minimum Gasteiger partial charge on any atom is -0.306 e. The molecule has 0 radical (unpaired) electrons. The zero-order valence-corrected chi connectivity index (χ0v) is 13.0. The fourth-order valence-corrected chi connectivity index (χ4v) is 2.67. The average Bonchev–Trinajstić information content (AvgIpc) is 2.36. The second kappa shape index (κ2) is 6.46. The Bertz CT molecular complexity index is 590. The van der Waals surface area contributed by atoms with Crippen LogP contribution in [0.4, 0.5) is 8.78 Å². The summed E-state index contributed by atoms with van der Waals surface area (Å²) < 4.78 is 28.7. The Morgan fingerprint density at radius 1 is 1.15 bits per heavy atom. The van der Waals surface area contributed by atoms with Gasteiger partial charge in [-0.1, -0.05) is 52.7 Å². The first-order valence-corrected chi connectivity index (χ1v) is 7.26. The van der Waals surface area contributed by atoms with Crippen LogP contribution in [0.5, 0.6) is 0 Å². The molecule has 1 unspecified atom stereocenters. The van der Waals surface area contributed by atoms with Gasteiger partial charge in [-0.15, -0.1) is 0 Å². The van der Waals surface area contributed by atoms with E-state index >= 15 is 0 Å². The number of nitrogens with one attached hydrogen (secondary N) is 1. The summed E-state index contributed by atoms with van der Waals surface area (Å²) in [6.07, 6.45) is 0. The molecule has 0 aliphatic rings. The Morgan fingerprint density at radius 3 is 2.35 bits per heavy atom. The van der Waals surface area contributed by atoms with E-state index in [1.54, 1.807) is 0 Å². The lowest BCUT2D eigenvalue weighted by Gasteiger charge is -2.21. The second-order valence-corrected chi connectivity index (χ2v) is 5.60. The van der Waals surface area contributed by atoms with Crippen LogP contribution in [0.2, 0.25) is 0 Å². The summed E-state index contributed by atoms with van der Waals surface area (Å²) >= 11 is 3.10. The van der Waals surface area contributed by atoms with Crippen molar-refractivity contribution in [3.63, 3.8) is 0 Å². The van der Waals surface area contributed by atoms with Gasteiger partial charge in [0.25, 0.3) is 0 Å². The van der Waals surface area contributed by atoms with Crippen LogP contribution in [0.1, 0.15) is 29.7 Å². The van der Waals surface area contributed by atoms with Crippen molar-refractivity contribution in [3.05, 3.63) is 69.2 Å². The van der Waals surface area contributed by atoms with E-state index in [0.717, 1.165) is 11.1 Å². The third-order valence-corrected chi connectivity index (χ3v) is 3.57. The molecule has 106 valence electrons. The van der Waals surface area contributed by atoms with Crippen LogP contribution < -0.4 is 5.32 Å². The summed E-state index contributed by atoms with van der Waals surface area (Å²) in [4.78, 5) is 0. The predicted octanol–water partition coefficient (Wildman–Crippen LogP) is 4.73. The van der Waals surface area contributed by atoms with E-state index in [-0.39, 0.29) is 5.56 Å². The van der Waals surface area contributed by atoms with E-state index < -0.39 is 17.7 Å². The van der Waals surface area contributed by atoms with Crippen molar-refractivity contribution in [3.8, 4) is 0 Å². The van der Waals surface area contributed by atoms with Crippen molar-refractivity contribution >= 4 is 15.9 Å².